The number of hydrogen-bond donors (Lipinski definition) is 1. The van der Waals surface area contributed by atoms with Crippen LogP contribution in [0.15, 0.2) is 42.7 Å². The van der Waals surface area contributed by atoms with E-state index in [0.29, 0.717) is 49.4 Å². The van der Waals surface area contributed by atoms with Gasteiger partial charge in [0.05, 0.1) is 24.0 Å². The number of imidazole rings is 1. The maximum atomic E-state index is 14.6. The van der Waals surface area contributed by atoms with Crippen molar-refractivity contribution in [3.05, 3.63) is 65.6 Å². The summed E-state index contributed by atoms with van der Waals surface area (Å²) in [6, 6.07) is 6.77. The van der Waals surface area contributed by atoms with Crippen LogP contribution >= 0.6 is 0 Å². The van der Waals surface area contributed by atoms with Crippen molar-refractivity contribution in [1.82, 2.24) is 19.6 Å². The largest absolute Gasteiger partial charge is 0.444 e. The molecule has 2 saturated heterocycles. The second kappa shape index (κ2) is 9.64. The van der Waals surface area contributed by atoms with Crippen LogP contribution < -0.4 is 10.2 Å². The van der Waals surface area contributed by atoms with Gasteiger partial charge in [0.1, 0.15) is 28.6 Å². The number of likely N-dealkylation sites (tertiary alicyclic amines) is 1. The molecule has 5 rings (SSSR count). The zero-order valence-corrected chi connectivity index (χ0v) is 21.2. The van der Waals surface area contributed by atoms with Crippen molar-refractivity contribution in [2.24, 2.45) is 0 Å². The number of carbonyl (C=O) groups is 2. The quantitative estimate of drug-likeness (QED) is 0.550. The molecule has 0 saturated carbocycles. The van der Waals surface area contributed by atoms with Crippen molar-refractivity contribution in [1.29, 1.82) is 0 Å². The first-order valence-electron chi connectivity index (χ1n) is 12.6. The number of amides is 2. The molecule has 2 amide bonds. The van der Waals surface area contributed by atoms with Gasteiger partial charge in [0.25, 0.3) is 5.91 Å². The average molecular weight is 512 g/mol. The Bertz CT molecular complexity index is 1340. The molecule has 2 atom stereocenters. The van der Waals surface area contributed by atoms with Gasteiger partial charge in [-0.25, -0.2) is 18.6 Å². The minimum Gasteiger partial charge on any atom is -0.444 e. The summed E-state index contributed by atoms with van der Waals surface area (Å²) in [6.07, 6.45) is 5.05. The molecule has 1 N–H and O–H groups in total. The number of fused-ring (bicyclic) bond motifs is 1. The molecule has 2 fully saturated rings. The normalized spacial score (nSPS) is 20.0. The van der Waals surface area contributed by atoms with E-state index in [1.165, 1.54) is 6.07 Å². The lowest BCUT2D eigenvalue weighted by molar-refractivity contribution is 0.0502. The molecular weight excluding hydrogens is 480 g/mol. The second-order valence-corrected chi connectivity index (χ2v) is 10.7. The second-order valence-electron chi connectivity index (χ2n) is 10.7. The van der Waals surface area contributed by atoms with E-state index in [4.69, 9.17) is 4.74 Å². The van der Waals surface area contributed by atoms with E-state index < -0.39 is 23.3 Å². The molecular formula is C27H31F2N5O3. The van der Waals surface area contributed by atoms with Gasteiger partial charge in [-0.15, -0.1) is 0 Å². The number of carbonyl (C=O) groups excluding carboxylic acids is 2. The third-order valence-electron chi connectivity index (χ3n) is 6.81. The van der Waals surface area contributed by atoms with Crippen molar-refractivity contribution in [2.75, 3.05) is 24.5 Å². The van der Waals surface area contributed by atoms with Crippen LogP contribution in [-0.2, 0) is 4.74 Å². The average Bonchev–Trinajstić information content (AvgIpc) is 3.58. The maximum absolute atomic E-state index is 14.6. The Kier molecular flexibility index (Phi) is 6.51. The van der Waals surface area contributed by atoms with Gasteiger partial charge in [0, 0.05) is 31.4 Å². The summed E-state index contributed by atoms with van der Waals surface area (Å²) in [5.41, 5.74) is 1.56. The number of benzene rings is 1. The molecule has 0 unspecified atom stereocenters. The van der Waals surface area contributed by atoms with Crippen LogP contribution in [0.5, 0.6) is 0 Å². The number of aromatic nitrogens is 2. The summed E-state index contributed by atoms with van der Waals surface area (Å²) in [5, 5.41) is 2.84. The molecule has 2 aliphatic heterocycles. The van der Waals surface area contributed by atoms with Crippen LogP contribution in [0.1, 0.15) is 62.1 Å². The molecule has 37 heavy (non-hydrogen) atoms. The summed E-state index contributed by atoms with van der Waals surface area (Å²) < 4.78 is 35.5. The Hall–Kier alpha value is -3.69. The van der Waals surface area contributed by atoms with E-state index in [1.54, 1.807) is 36.3 Å². The third-order valence-corrected chi connectivity index (χ3v) is 6.81. The number of hydrogen-bond acceptors (Lipinski definition) is 5. The molecule has 0 aliphatic carbocycles. The number of halogens is 2. The van der Waals surface area contributed by atoms with E-state index in [2.05, 4.69) is 10.3 Å². The van der Waals surface area contributed by atoms with Gasteiger partial charge in [-0.3, -0.25) is 9.20 Å². The monoisotopic (exact) mass is 511 g/mol. The highest BCUT2D eigenvalue weighted by Gasteiger charge is 2.32. The van der Waals surface area contributed by atoms with Crippen molar-refractivity contribution in [2.45, 2.75) is 57.7 Å². The number of ether oxygens (including phenoxy) is 1. The number of rotatable bonds is 4. The fourth-order valence-electron chi connectivity index (χ4n) is 5.17. The predicted octanol–water partition coefficient (Wildman–Crippen LogP) is 4.69. The Morgan fingerprint density at radius 2 is 1.92 bits per heavy atom. The molecule has 2 aromatic heterocycles. The Labute approximate surface area is 214 Å². The lowest BCUT2D eigenvalue weighted by Crippen LogP contribution is -2.41. The van der Waals surface area contributed by atoms with Crippen molar-refractivity contribution in [3.8, 4) is 0 Å². The molecule has 2 aliphatic rings. The van der Waals surface area contributed by atoms with Crippen LogP contribution in [0.4, 0.5) is 19.3 Å². The first kappa shape index (κ1) is 25.0. The van der Waals surface area contributed by atoms with Gasteiger partial charge in [0.15, 0.2) is 0 Å². The highest BCUT2D eigenvalue weighted by atomic mass is 19.1. The summed E-state index contributed by atoms with van der Waals surface area (Å²) in [4.78, 5) is 33.7. The van der Waals surface area contributed by atoms with E-state index >= 15 is 0 Å². The molecule has 1 aromatic carbocycles. The summed E-state index contributed by atoms with van der Waals surface area (Å²) in [5.74, 6) is -1.08. The van der Waals surface area contributed by atoms with Crippen LogP contribution in [0.25, 0.3) is 5.65 Å². The van der Waals surface area contributed by atoms with Crippen LogP contribution in [-0.4, -0.2) is 57.6 Å². The van der Waals surface area contributed by atoms with Crippen molar-refractivity contribution in [3.63, 3.8) is 0 Å². The lowest BCUT2D eigenvalue weighted by Gasteiger charge is -2.27. The van der Waals surface area contributed by atoms with Crippen LogP contribution in [0.2, 0.25) is 0 Å². The Balaban J connectivity index is 1.34. The van der Waals surface area contributed by atoms with Crippen LogP contribution in [0, 0.1) is 11.6 Å². The smallest absolute Gasteiger partial charge is 0.407 e. The molecule has 196 valence electrons. The van der Waals surface area contributed by atoms with Gasteiger partial charge in [0.2, 0.25) is 0 Å². The van der Waals surface area contributed by atoms with E-state index in [-0.39, 0.29) is 18.0 Å². The predicted molar refractivity (Wildman–Crippen MR) is 135 cm³/mol. The van der Waals surface area contributed by atoms with Gasteiger partial charge in [-0.05, 0) is 70.4 Å². The lowest BCUT2D eigenvalue weighted by atomic mass is 10.0. The number of pyridine rings is 1. The molecule has 0 radical (unpaired) electrons. The van der Waals surface area contributed by atoms with Crippen LogP contribution in [0.3, 0.4) is 0 Å². The van der Waals surface area contributed by atoms with Crippen molar-refractivity contribution < 1.29 is 23.1 Å². The fourth-order valence-corrected chi connectivity index (χ4v) is 5.17. The third kappa shape index (κ3) is 5.23. The zero-order chi connectivity index (χ0) is 26.3. The molecule has 0 bridgehead atoms. The van der Waals surface area contributed by atoms with Crippen molar-refractivity contribution >= 4 is 23.3 Å². The number of anilines is 1. The molecule has 10 heteroatoms. The molecule has 4 heterocycles. The number of alkyl carbamates (subject to hydrolysis) is 1. The number of nitrogens with zero attached hydrogens (tertiary/aromatic N) is 4. The van der Waals surface area contributed by atoms with E-state index in [1.807, 2.05) is 23.2 Å². The zero-order valence-electron chi connectivity index (χ0n) is 21.2. The minimum atomic E-state index is -0.596. The highest BCUT2D eigenvalue weighted by Crippen LogP contribution is 2.37. The van der Waals surface area contributed by atoms with Gasteiger partial charge in [-0.1, -0.05) is 0 Å². The topological polar surface area (TPSA) is 79.2 Å². The number of nitrogens with one attached hydrogen (secondary N) is 1. The van der Waals surface area contributed by atoms with Gasteiger partial charge >= 0.3 is 6.09 Å². The van der Waals surface area contributed by atoms with E-state index in [0.717, 1.165) is 24.2 Å². The van der Waals surface area contributed by atoms with Gasteiger partial charge in [-0.2, -0.15) is 0 Å². The SMILES string of the molecule is CC(C)(C)OC(=O)N[C@H]1CCN(C(=O)c2cnc3ccc(N4CCC[C@@H]4c4cc(F)ccc4F)cn23)C1. The fraction of sp³-hybridized carbons (Fsp3) is 0.444. The summed E-state index contributed by atoms with van der Waals surface area (Å²) in [6.45, 7) is 6.96. The molecule has 0 spiro atoms. The Morgan fingerprint density at radius 1 is 1.11 bits per heavy atom. The van der Waals surface area contributed by atoms with E-state index in [9.17, 15) is 18.4 Å². The first-order chi connectivity index (χ1) is 17.6. The van der Waals surface area contributed by atoms with Gasteiger partial charge < -0.3 is 19.9 Å². The Morgan fingerprint density at radius 3 is 2.70 bits per heavy atom. The maximum Gasteiger partial charge on any atom is 0.407 e. The molecule has 8 nitrogen and oxygen atoms in total. The summed E-state index contributed by atoms with van der Waals surface area (Å²) in [7, 11) is 0. The summed E-state index contributed by atoms with van der Waals surface area (Å²) >= 11 is 0. The minimum absolute atomic E-state index is 0.188. The standard InChI is InChI=1S/C27H31F2N5O3/c1-27(2,3)37-26(36)31-18-10-12-32(15-18)25(35)23-14-30-24-9-7-19(16-34(23)24)33-11-4-5-22(33)20-13-17(28)6-8-21(20)29/h6-9,13-14,16,18,22H,4-5,10-12,15H2,1-3H3,(H,31,36)/t18-,22+/m0/s1. The molecule has 3 aromatic rings. The highest BCUT2D eigenvalue weighted by molar-refractivity contribution is 5.93. The first-order valence-corrected chi connectivity index (χ1v) is 12.6.